The van der Waals surface area contributed by atoms with E-state index in [2.05, 4.69) is 28.5 Å². The third kappa shape index (κ3) is 3.96. The summed E-state index contributed by atoms with van der Waals surface area (Å²) in [4.78, 5) is 8.34. The first-order valence-electron chi connectivity index (χ1n) is 4.77. The topological polar surface area (TPSA) is 37.8 Å². The van der Waals surface area contributed by atoms with Crippen LogP contribution in [0.4, 0.5) is 5.95 Å². The number of hydrogen-bond acceptors (Lipinski definition) is 4. The zero-order valence-electron chi connectivity index (χ0n) is 8.95. The van der Waals surface area contributed by atoms with E-state index in [9.17, 15) is 0 Å². The molecule has 1 aromatic heterocycles. The van der Waals surface area contributed by atoms with Crippen molar-refractivity contribution in [2.45, 2.75) is 25.5 Å². The highest BCUT2D eigenvalue weighted by Gasteiger charge is 1.99. The third-order valence-corrected chi connectivity index (χ3v) is 3.06. The largest absolute Gasteiger partial charge is 0.354 e. The van der Waals surface area contributed by atoms with Crippen LogP contribution in [0.1, 0.15) is 18.9 Å². The molecule has 78 valence electrons. The molecule has 0 spiro atoms. The number of hydrogen-bond donors (Lipinski definition) is 1. The predicted molar refractivity (Wildman–Crippen MR) is 62.9 cm³/mol. The molecule has 0 saturated heterocycles. The van der Waals surface area contributed by atoms with E-state index in [1.54, 1.807) is 0 Å². The van der Waals surface area contributed by atoms with Gasteiger partial charge in [-0.05, 0) is 25.2 Å². The average Bonchev–Trinajstić information content (AvgIpc) is 2.21. The lowest BCUT2D eigenvalue weighted by molar-refractivity contribution is 0.844. The second-order valence-electron chi connectivity index (χ2n) is 3.35. The van der Waals surface area contributed by atoms with Gasteiger partial charge in [-0.15, -0.1) is 0 Å². The van der Waals surface area contributed by atoms with Gasteiger partial charge in [0, 0.05) is 24.2 Å². The van der Waals surface area contributed by atoms with E-state index in [0.717, 1.165) is 24.5 Å². The Balaban J connectivity index is 2.28. The Kier molecular flexibility index (Phi) is 4.73. The molecule has 0 aromatic carbocycles. The normalized spacial score (nSPS) is 12.5. The number of aromatic nitrogens is 2. The molecule has 4 heteroatoms. The first-order chi connectivity index (χ1) is 6.72. The van der Waals surface area contributed by atoms with Crippen LogP contribution in [0.2, 0.25) is 0 Å². The van der Waals surface area contributed by atoms with Crippen LogP contribution in [0.25, 0.3) is 0 Å². The second-order valence-corrected chi connectivity index (χ2v) is 4.62. The number of anilines is 1. The summed E-state index contributed by atoms with van der Waals surface area (Å²) in [6.07, 6.45) is 6.92. The molecular weight excluding hydrogens is 194 g/mol. The first kappa shape index (κ1) is 11.3. The molecular formula is C10H17N3S. The third-order valence-electron chi connectivity index (χ3n) is 2.02. The molecule has 1 aromatic rings. The summed E-state index contributed by atoms with van der Waals surface area (Å²) in [5, 5.41) is 3.89. The van der Waals surface area contributed by atoms with Crippen LogP contribution < -0.4 is 5.32 Å². The molecule has 3 nitrogen and oxygen atoms in total. The minimum atomic E-state index is 0.688. The summed E-state index contributed by atoms with van der Waals surface area (Å²) in [5.41, 5.74) is 1.09. The van der Waals surface area contributed by atoms with Gasteiger partial charge in [0.05, 0.1) is 0 Å². The molecule has 1 unspecified atom stereocenters. The van der Waals surface area contributed by atoms with Crippen molar-refractivity contribution in [3.8, 4) is 0 Å². The molecule has 0 aliphatic heterocycles. The fraction of sp³-hybridized carbons (Fsp3) is 0.600. The van der Waals surface area contributed by atoms with Gasteiger partial charge in [0.25, 0.3) is 0 Å². The maximum atomic E-state index is 4.17. The van der Waals surface area contributed by atoms with Gasteiger partial charge in [-0.3, -0.25) is 0 Å². The van der Waals surface area contributed by atoms with Crippen molar-refractivity contribution in [1.82, 2.24) is 9.97 Å². The summed E-state index contributed by atoms with van der Waals surface area (Å²) in [5.74, 6) is 0.726. The molecule has 1 heterocycles. The van der Waals surface area contributed by atoms with Crippen LogP contribution in [0.15, 0.2) is 12.4 Å². The molecule has 0 bridgehead atoms. The SMILES string of the molecule is CSC(C)CCNc1ncc(C)cn1. The highest BCUT2D eigenvalue weighted by atomic mass is 32.2. The average molecular weight is 211 g/mol. The van der Waals surface area contributed by atoms with Crippen LogP contribution in [-0.2, 0) is 0 Å². The molecule has 14 heavy (non-hydrogen) atoms. The fourth-order valence-corrected chi connectivity index (χ4v) is 1.34. The minimum Gasteiger partial charge on any atom is -0.354 e. The van der Waals surface area contributed by atoms with Crippen molar-refractivity contribution < 1.29 is 0 Å². The van der Waals surface area contributed by atoms with Crippen molar-refractivity contribution in [3.05, 3.63) is 18.0 Å². The number of aryl methyl sites for hydroxylation is 1. The highest BCUT2D eigenvalue weighted by molar-refractivity contribution is 7.99. The molecule has 0 aliphatic carbocycles. The van der Waals surface area contributed by atoms with E-state index in [-0.39, 0.29) is 0 Å². The van der Waals surface area contributed by atoms with E-state index in [4.69, 9.17) is 0 Å². The van der Waals surface area contributed by atoms with Crippen molar-refractivity contribution in [2.24, 2.45) is 0 Å². The summed E-state index contributed by atoms with van der Waals surface area (Å²) >= 11 is 1.88. The van der Waals surface area contributed by atoms with Gasteiger partial charge in [-0.1, -0.05) is 6.92 Å². The molecule has 0 aliphatic rings. The second kappa shape index (κ2) is 5.86. The Hall–Kier alpha value is -0.770. The zero-order valence-corrected chi connectivity index (χ0v) is 9.77. The van der Waals surface area contributed by atoms with Gasteiger partial charge < -0.3 is 5.32 Å². The van der Waals surface area contributed by atoms with E-state index < -0.39 is 0 Å². The molecule has 0 radical (unpaired) electrons. The van der Waals surface area contributed by atoms with Crippen LogP contribution in [0.3, 0.4) is 0 Å². The Morgan fingerprint density at radius 3 is 2.64 bits per heavy atom. The Morgan fingerprint density at radius 1 is 1.43 bits per heavy atom. The van der Waals surface area contributed by atoms with Crippen LogP contribution in [-0.4, -0.2) is 28.0 Å². The van der Waals surface area contributed by atoms with Gasteiger partial charge in [-0.25, -0.2) is 9.97 Å². The molecule has 0 saturated carbocycles. The lowest BCUT2D eigenvalue weighted by Crippen LogP contribution is -2.09. The van der Waals surface area contributed by atoms with Gasteiger partial charge in [0.1, 0.15) is 0 Å². The zero-order chi connectivity index (χ0) is 10.4. The molecule has 1 N–H and O–H groups in total. The van der Waals surface area contributed by atoms with E-state index in [1.807, 2.05) is 31.1 Å². The fourth-order valence-electron chi connectivity index (χ4n) is 0.989. The minimum absolute atomic E-state index is 0.688. The Labute approximate surface area is 89.7 Å². The van der Waals surface area contributed by atoms with Crippen molar-refractivity contribution in [1.29, 1.82) is 0 Å². The monoisotopic (exact) mass is 211 g/mol. The smallest absolute Gasteiger partial charge is 0.222 e. The predicted octanol–water partition coefficient (Wildman–Crippen LogP) is 2.34. The summed E-state index contributed by atoms with van der Waals surface area (Å²) in [6, 6.07) is 0. The van der Waals surface area contributed by atoms with Gasteiger partial charge >= 0.3 is 0 Å². The molecule has 1 rings (SSSR count). The summed E-state index contributed by atoms with van der Waals surface area (Å²) in [6.45, 7) is 5.15. The quantitative estimate of drug-likeness (QED) is 0.811. The molecule has 0 fully saturated rings. The van der Waals surface area contributed by atoms with Gasteiger partial charge in [0.15, 0.2) is 0 Å². The number of nitrogens with zero attached hydrogens (tertiary/aromatic N) is 2. The van der Waals surface area contributed by atoms with Crippen LogP contribution >= 0.6 is 11.8 Å². The lowest BCUT2D eigenvalue weighted by atomic mass is 10.3. The number of thioether (sulfide) groups is 1. The van der Waals surface area contributed by atoms with E-state index >= 15 is 0 Å². The Morgan fingerprint density at radius 2 is 2.07 bits per heavy atom. The standard InChI is InChI=1S/C10H17N3S/c1-8-6-12-10(13-7-8)11-5-4-9(2)14-3/h6-7,9H,4-5H2,1-3H3,(H,11,12,13). The van der Waals surface area contributed by atoms with Gasteiger partial charge in [0.2, 0.25) is 5.95 Å². The maximum Gasteiger partial charge on any atom is 0.222 e. The van der Waals surface area contributed by atoms with Crippen molar-refractivity contribution in [2.75, 3.05) is 18.1 Å². The lowest BCUT2D eigenvalue weighted by Gasteiger charge is -2.08. The number of rotatable bonds is 5. The first-order valence-corrected chi connectivity index (χ1v) is 6.06. The summed E-state index contributed by atoms with van der Waals surface area (Å²) < 4.78 is 0. The van der Waals surface area contributed by atoms with Crippen LogP contribution in [0.5, 0.6) is 0 Å². The maximum absolute atomic E-state index is 4.17. The van der Waals surface area contributed by atoms with Gasteiger partial charge in [-0.2, -0.15) is 11.8 Å². The number of nitrogens with one attached hydrogen (secondary N) is 1. The highest BCUT2D eigenvalue weighted by Crippen LogP contribution is 2.09. The van der Waals surface area contributed by atoms with Crippen molar-refractivity contribution in [3.63, 3.8) is 0 Å². The van der Waals surface area contributed by atoms with E-state index in [1.165, 1.54) is 0 Å². The van der Waals surface area contributed by atoms with Crippen LogP contribution in [0, 0.1) is 6.92 Å². The summed E-state index contributed by atoms with van der Waals surface area (Å²) in [7, 11) is 0. The molecule has 0 amide bonds. The van der Waals surface area contributed by atoms with Crippen molar-refractivity contribution >= 4 is 17.7 Å². The van der Waals surface area contributed by atoms with E-state index in [0.29, 0.717) is 5.25 Å². The Bertz CT molecular complexity index is 261. The molecule has 1 atom stereocenters.